The summed E-state index contributed by atoms with van der Waals surface area (Å²) < 4.78 is 5.05. The van der Waals surface area contributed by atoms with Gasteiger partial charge in [0.1, 0.15) is 0 Å². The van der Waals surface area contributed by atoms with Crippen molar-refractivity contribution in [3.63, 3.8) is 0 Å². The highest BCUT2D eigenvalue weighted by Gasteiger charge is 2.10. The van der Waals surface area contributed by atoms with E-state index in [-0.39, 0.29) is 12.5 Å². The molecule has 1 heterocycles. The Balaban J connectivity index is 2.63. The minimum atomic E-state index is 0.0315. The Morgan fingerprint density at radius 3 is 2.61 bits per heavy atom. The van der Waals surface area contributed by atoms with Crippen molar-refractivity contribution in [2.75, 3.05) is 32.1 Å². The van der Waals surface area contributed by atoms with Gasteiger partial charge in [0, 0.05) is 24.8 Å². The van der Waals surface area contributed by atoms with Crippen molar-refractivity contribution in [1.29, 1.82) is 0 Å². The van der Waals surface area contributed by atoms with Crippen molar-refractivity contribution in [3.05, 3.63) is 11.8 Å². The van der Waals surface area contributed by atoms with Gasteiger partial charge in [-0.1, -0.05) is 0 Å². The first-order chi connectivity index (χ1) is 8.60. The lowest BCUT2D eigenvalue weighted by atomic mass is 10.4. The Kier molecular flexibility index (Phi) is 5.35. The average Bonchev–Trinajstić information content (AvgIpc) is 2.37. The van der Waals surface area contributed by atoms with Gasteiger partial charge in [0.2, 0.25) is 17.7 Å². The van der Waals surface area contributed by atoms with Crippen LogP contribution in [0.2, 0.25) is 0 Å². The summed E-state index contributed by atoms with van der Waals surface area (Å²) in [5, 5.41) is 2.92. The number of rotatable bonds is 6. The van der Waals surface area contributed by atoms with Gasteiger partial charge < -0.3 is 15.0 Å². The Labute approximate surface area is 107 Å². The maximum Gasteiger partial charge on any atom is 0.241 e. The number of likely N-dealkylation sites (N-methyl/N-ethyl adjacent to an activating group) is 1. The second-order valence-corrected chi connectivity index (χ2v) is 3.79. The average molecular weight is 252 g/mol. The maximum atomic E-state index is 11.8. The van der Waals surface area contributed by atoms with Crippen molar-refractivity contribution in [2.24, 2.45) is 0 Å². The van der Waals surface area contributed by atoms with Crippen LogP contribution in [-0.2, 0) is 4.79 Å². The Morgan fingerprint density at radius 2 is 2.06 bits per heavy atom. The Morgan fingerprint density at radius 1 is 1.39 bits per heavy atom. The molecule has 6 heteroatoms. The van der Waals surface area contributed by atoms with Gasteiger partial charge in [0.15, 0.2) is 0 Å². The molecule has 0 spiro atoms. The molecule has 1 rings (SSSR count). The quantitative estimate of drug-likeness (QED) is 0.820. The highest BCUT2D eigenvalue weighted by molar-refractivity contribution is 5.80. The number of nitrogens with one attached hydrogen (secondary N) is 1. The third-order valence-corrected chi connectivity index (χ3v) is 2.55. The highest BCUT2D eigenvalue weighted by atomic mass is 16.5. The van der Waals surface area contributed by atoms with Gasteiger partial charge in [-0.25, -0.2) is 4.98 Å². The second kappa shape index (κ2) is 6.78. The summed E-state index contributed by atoms with van der Waals surface area (Å²) in [6.07, 6.45) is 0. The first-order valence-corrected chi connectivity index (χ1v) is 6.02. The van der Waals surface area contributed by atoms with Crippen molar-refractivity contribution < 1.29 is 9.53 Å². The van der Waals surface area contributed by atoms with E-state index in [1.54, 1.807) is 18.1 Å². The van der Waals surface area contributed by atoms with Gasteiger partial charge in [-0.15, -0.1) is 0 Å². The molecule has 0 saturated carbocycles. The molecule has 6 nitrogen and oxygen atoms in total. The number of aryl methyl sites for hydroxylation is 1. The van der Waals surface area contributed by atoms with E-state index in [2.05, 4.69) is 15.3 Å². The van der Waals surface area contributed by atoms with E-state index in [4.69, 9.17) is 4.74 Å². The summed E-state index contributed by atoms with van der Waals surface area (Å²) in [7, 11) is 1.55. The first-order valence-electron chi connectivity index (χ1n) is 6.02. The summed E-state index contributed by atoms with van der Waals surface area (Å²) >= 11 is 0. The van der Waals surface area contributed by atoms with Crippen LogP contribution in [0.25, 0.3) is 0 Å². The van der Waals surface area contributed by atoms with Crippen molar-refractivity contribution in [1.82, 2.24) is 14.9 Å². The van der Waals surface area contributed by atoms with Crippen LogP contribution in [0, 0.1) is 6.92 Å². The molecule has 0 radical (unpaired) electrons. The molecule has 0 aliphatic rings. The molecule has 0 atom stereocenters. The van der Waals surface area contributed by atoms with E-state index in [0.717, 1.165) is 5.69 Å². The lowest BCUT2D eigenvalue weighted by Gasteiger charge is -2.18. The van der Waals surface area contributed by atoms with Gasteiger partial charge in [-0.05, 0) is 20.8 Å². The number of amides is 1. The molecule has 1 N–H and O–H groups in total. The van der Waals surface area contributed by atoms with Gasteiger partial charge in [-0.3, -0.25) is 4.79 Å². The number of carbonyl (C=O) groups is 1. The van der Waals surface area contributed by atoms with Crippen LogP contribution < -0.4 is 10.1 Å². The number of ether oxygens (including phenoxy) is 1. The van der Waals surface area contributed by atoms with E-state index >= 15 is 0 Å². The molecule has 0 bridgehead atoms. The topological polar surface area (TPSA) is 67.4 Å². The van der Waals surface area contributed by atoms with Crippen molar-refractivity contribution in [3.8, 4) is 5.88 Å². The van der Waals surface area contributed by atoms with Gasteiger partial charge in [0.25, 0.3) is 0 Å². The fourth-order valence-corrected chi connectivity index (χ4v) is 1.57. The lowest BCUT2D eigenvalue weighted by Crippen LogP contribution is -2.35. The predicted molar refractivity (Wildman–Crippen MR) is 69.7 cm³/mol. The molecular weight excluding hydrogens is 232 g/mol. The van der Waals surface area contributed by atoms with E-state index in [1.807, 2.05) is 20.8 Å². The monoisotopic (exact) mass is 252 g/mol. The zero-order valence-corrected chi connectivity index (χ0v) is 11.4. The number of methoxy groups -OCH3 is 1. The van der Waals surface area contributed by atoms with Crippen LogP contribution >= 0.6 is 0 Å². The smallest absolute Gasteiger partial charge is 0.241 e. The summed E-state index contributed by atoms with van der Waals surface area (Å²) in [5.41, 5.74) is 0.791. The van der Waals surface area contributed by atoms with Crippen molar-refractivity contribution >= 4 is 11.9 Å². The fraction of sp³-hybridized carbons (Fsp3) is 0.583. The van der Waals surface area contributed by atoms with Crippen LogP contribution in [0.4, 0.5) is 5.95 Å². The van der Waals surface area contributed by atoms with Crippen LogP contribution in [0.1, 0.15) is 19.5 Å². The Bertz CT molecular complexity index is 405. The van der Waals surface area contributed by atoms with Gasteiger partial charge >= 0.3 is 0 Å². The van der Waals surface area contributed by atoms with E-state index in [9.17, 15) is 4.79 Å². The molecule has 0 fully saturated rings. The predicted octanol–water partition coefficient (Wildman–Crippen LogP) is 1.07. The Hall–Kier alpha value is -1.85. The highest BCUT2D eigenvalue weighted by Crippen LogP contribution is 2.10. The van der Waals surface area contributed by atoms with Crippen LogP contribution in [-0.4, -0.2) is 47.5 Å². The number of aromatic nitrogens is 2. The molecular formula is C12H20N4O2. The van der Waals surface area contributed by atoms with Gasteiger partial charge in [-0.2, -0.15) is 4.98 Å². The SMILES string of the molecule is CCN(CC)C(=O)CNc1nc(C)cc(OC)n1. The maximum absolute atomic E-state index is 11.8. The fourth-order valence-electron chi connectivity index (χ4n) is 1.57. The summed E-state index contributed by atoms with van der Waals surface area (Å²) in [6, 6.07) is 1.73. The number of carbonyl (C=O) groups excluding carboxylic acids is 1. The largest absolute Gasteiger partial charge is 0.481 e. The number of hydrogen-bond donors (Lipinski definition) is 1. The van der Waals surface area contributed by atoms with E-state index < -0.39 is 0 Å². The molecule has 0 aliphatic heterocycles. The number of anilines is 1. The lowest BCUT2D eigenvalue weighted by molar-refractivity contribution is -0.128. The van der Waals surface area contributed by atoms with Gasteiger partial charge in [0.05, 0.1) is 13.7 Å². The zero-order chi connectivity index (χ0) is 13.5. The molecule has 0 aliphatic carbocycles. The normalized spacial score (nSPS) is 10.0. The summed E-state index contributed by atoms with van der Waals surface area (Å²) in [4.78, 5) is 21.9. The molecule has 18 heavy (non-hydrogen) atoms. The van der Waals surface area contributed by atoms with Crippen LogP contribution in [0.15, 0.2) is 6.07 Å². The molecule has 1 aromatic rings. The molecule has 1 aromatic heterocycles. The second-order valence-electron chi connectivity index (χ2n) is 3.79. The zero-order valence-electron chi connectivity index (χ0n) is 11.4. The van der Waals surface area contributed by atoms with Crippen LogP contribution in [0.5, 0.6) is 5.88 Å². The number of hydrogen-bond acceptors (Lipinski definition) is 5. The number of nitrogens with zero attached hydrogens (tertiary/aromatic N) is 3. The first kappa shape index (κ1) is 14.2. The molecule has 100 valence electrons. The minimum Gasteiger partial charge on any atom is -0.481 e. The van der Waals surface area contributed by atoms with E-state index in [1.165, 1.54) is 0 Å². The molecule has 0 aromatic carbocycles. The molecule has 0 saturated heterocycles. The van der Waals surface area contributed by atoms with E-state index in [0.29, 0.717) is 24.9 Å². The summed E-state index contributed by atoms with van der Waals surface area (Å²) in [5.74, 6) is 0.928. The summed E-state index contributed by atoms with van der Waals surface area (Å²) in [6.45, 7) is 7.35. The minimum absolute atomic E-state index is 0.0315. The van der Waals surface area contributed by atoms with Crippen LogP contribution in [0.3, 0.4) is 0 Å². The molecule has 1 amide bonds. The van der Waals surface area contributed by atoms with Crippen molar-refractivity contribution in [2.45, 2.75) is 20.8 Å². The third kappa shape index (κ3) is 3.87. The molecule has 0 unspecified atom stereocenters. The third-order valence-electron chi connectivity index (χ3n) is 2.55. The standard InChI is InChI=1S/C12H20N4O2/c1-5-16(6-2)11(17)8-13-12-14-9(3)7-10(15-12)18-4/h7H,5-6,8H2,1-4H3,(H,13,14,15).